The van der Waals surface area contributed by atoms with Crippen LogP contribution < -0.4 is 10.0 Å². The fourth-order valence-electron chi connectivity index (χ4n) is 2.31. The summed E-state index contributed by atoms with van der Waals surface area (Å²) < 4.78 is 50.8. The highest BCUT2D eigenvalue weighted by atomic mass is 35.5. The van der Waals surface area contributed by atoms with Gasteiger partial charge in [-0.15, -0.1) is 0 Å². The van der Waals surface area contributed by atoms with Gasteiger partial charge in [0.1, 0.15) is 0 Å². The first-order chi connectivity index (χ1) is 12.7. The molecule has 0 spiro atoms. The number of carbonyl (C=O) groups is 1. The number of amides is 1. The van der Waals surface area contributed by atoms with Crippen LogP contribution in [-0.4, -0.2) is 34.5 Å². The normalized spacial score (nSPS) is 12.6. The average Bonchev–Trinajstić information content (AvgIpc) is 2.52. The minimum atomic E-state index is -3.78. The molecule has 0 aliphatic heterocycles. The van der Waals surface area contributed by atoms with E-state index in [1.165, 1.54) is 42.5 Å². The smallest absolute Gasteiger partial charge is 0.257 e. The van der Waals surface area contributed by atoms with Crippen LogP contribution in [0, 0.1) is 0 Å². The third-order valence-corrected chi connectivity index (χ3v) is 6.65. The Kier molecular flexibility index (Phi) is 6.25. The van der Waals surface area contributed by atoms with Gasteiger partial charge >= 0.3 is 0 Å². The van der Waals surface area contributed by atoms with Crippen molar-refractivity contribution in [3.05, 3.63) is 53.1 Å². The molecule has 0 aliphatic carbocycles. The van der Waals surface area contributed by atoms with Crippen LogP contribution in [-0.2, 0) is 19.9 Å². The fraction of sp³-hybridized carbons (Fsp3) is 0.278. The van der Waals surface area contributed by atoms with E-state index in [4.69, 9.17) is 11.6 Å². The summed E-state index contributed by atoms with van der Waals surface area (Å²) in [5, 5.41) is 2.61. The number of halogens is 1. The molecule has 152 valence electrons. The Balaban J connectivity index is 2.34. The number of carbonyl (C=O) groups excluding carboxylic acids is 1. The Bertz CT molecular complexity index is 1120. The first kappa shape index (κ1) is 22.4. The van der Waals surface area contributed by atoms with Crippen LogP contribution in [0.25, 0.3) is 0 Å². The molecule has 0 atom stereocenters. The van der Waals surface area contributed by atoms with Crippen molar-refractivity contribution in [1.29, 1.82) is 0 Å². The second-order valence-corrected chi connectivity index (χ2v) is 11.4. The molecule has 2 N–H and O–H groups in total. The highest BCUT2D eigenvalue weighted by Gasteiger charge is 2.22. The van der Waals surface area contributed by atoms with E-state index in [2.05, 4.69) is 10.0 Å². The summed E-state index contributed by atoms with van der Waals surface area (Å²) in [5.74, 6) is -0.658. The van der Waals surface area contributed by atoms with Crippen molar-refractivity contribution in [2.45, 2.75) is 36.1 Å². The van der Waals surface area contributed by atoms with E-state index >= 15 is 0 Å². The Hall–Kier alpha value is -1.94. The maximum absolute atomic E-state index is 12.5. The van der Waals surface area contributed by atoms with E-state index in [9.17, 15) is 21.6 Å². The number of sulfone groups is 1. The zero-order valence-corrected chi connectivity index (χ0v) is 18.2. The Morgan fingerprint density at radius 3 is 2.18 bits per heavy atom. The lowest BCUT2D eigenvalue weighted by molar-refractivity contribution is 0.102. The lowest BCUT2D eigenvalue weighted by Crippen LogP contribution is -2.40. The molecular weight excluding hydrogens is 424 g/mol. The molecular formula is C18H21ClN2O5S2. The van der Waals surface area contributed by atoms with Crippen molar-refractivity contribution in [3.63, 3.8) is 0 Å². The summed E-state index contributed by atoms with van der Waals surface area (Å²) in [6.45, 7) is 5.15. The third-order valence-electron chi connectivity index (χ3n) is 3.45. The van der Waals surface area contributed by atoms with Gasteiger partial charge in [-0.1, -0.05) is 17.7 Å². The zero-order chi connectivity index (χ0) is 21.3. The summed E-state index contributed by atoms with van der Waals surface area (Å²) in [6.07, 6.45) is 1.02. The minimum absolute atomic E-state index is 0.0174. The van der Waals surface area contributed by atoms with Gasteiger partial charge in [-0.25, -0.2) is 21.6 Å². The highest BCUT2D eigenvalue weighted by Crippen LogP contribution is 2.23. The predicted molar refractivity (Wildman–Crippen MR) is 109 cm³/mol. The summed E-state index contributed by atoms with van der Waals surface area (Å²) in [7, 11) is -7.30. The molecule has 10 heteroatoms. The standard InChI is InChI=1S/C18H21ClN2O5S2/c1-18(2,3)21-28(25,26)14-7-5-6-12(10-14)20-17(22)15-11-13(27(4,23)24)8-9-16(15)19/h5-11,21H,1-4H3,(H,20,22). The maximum atomic E-state index is 12.5. The monoisotopic (exact) mass is 444 g/mol. The second-order valence-electron chi connectivity index (χ2n) is 7.25. The number of hydrogen-bond donors (Lipinski definition) is 2. The average molecular weight is 445 g/mol. The first-order valence-corrected chi connectivity index (χ1v) is 11.9. The number of anilines is 1. The highest BCUT2D eigenvalue weighted by molar-refractivity contribution is 7.90. The second kappa shape index (κ2) is 7.82. The zero-order valence-electron chi connectivity index (χ0n) is 15.8. The molecule has 0 radical (unpaired) electrons. The number of nitrogens with one attached hydrogen (secondary N) is 2. The van der Waals surface area contributed by atoms with Crippen molar-refractivity contribution >= 4 is 43.1 Å². The molecule has 2 aromatic rings. The van der Waals surface area contributed by atoms with Gasteiger partial charge in [-0.05, 0) is 57.2 Å². The molecule has 0 heterocycles. The maximum Gasteiger partial charge on any atom is 0.257 e. The molecule has 28 heavy (non-hydrogen) atoms. The Morgan fingerprint density at radius 1 is 0.964 bits per heavy atom. The van der Waals surface area contributed by atoms with Gasteiger partial charge in [-0.3, -0.25) is 4.79 Å². The summed E-state index contributed by atoms with van der Waals surface area (Å²) in [4.78, 5) is 12.5. The first-order valence-electron chi connectivity index (χ1n) is 8.14. The fourth-order valence-corrected chi connectivity index (χ4v) is 4.62. The molecule has 0 fully saturated rings. The number of hydrogen-bond acceptors (Lipinski definition) is 5. The molecule has 0 aromatic heterocycles. The molecule has 2 aromatic carbocycles. The Morgan fingerprint density at radius 2 is 1.61 bits per heavy atom. The van der Waals surface area contributed by atoms with Crippen LogP contribution in [0.3, 0.4) is 0 Å². The van der Waals surface area contributed by atoms with Crippen LogP contribution in [0.4, 0.5) is 5.69 Å². The lowest BCUT2D eigenvalue weighted by Gasteiger charge is -2.20. The molecule has 0 saturated heterocycles. The van der Waals surface area contributed by atoms with E-state index in [0.29, 0.717) is 0 Å². The number of sulfonamides is 1. The number of rotatable bonds is 5. The van der Waals surface area contributed by atoms with Crippen LogP contribution in [0.1, 0.15) is 31.1 Å². The third kappa shape index (κ3) is 5.78. The van der Waals surface area contributed by atoms with Crippen molar-refractivity contribution in [2.75, 3.05) is 11.6 Å². The number of benzene rings is 2. The van der Waals surface area contributed by atoms with Gasteiger partial charge in [0.15, 0.2) is 9.84 Å². The van der Waals surface area contributed by atoms with E-state index in [-0.39, 0.29) is 26.1 Å². The van der Waals surface area contributed by atoms with Crippen molar-refractivity contribution in [2.24, 2.45) is 0 Å². The molecule has 2 rings (SSSR count). The van der Waals surface area contributed by atoms with Crippen LogP contribution in [0.2, 0.25) is 5.02 Å². The van der Waals surface area contributed by atoms with E-state index in [1.807, 2.05) is 0 Å². The van der Waals surface area contributed by atoms with Crippen molar-refractivity contribution in [3.8, 4) is 0 Å². The van der Waals surface area contributed by atoms with Crippen LogP contribution in [0.15, 0.2) is 52.3 Å². The van der Waals surface area contributed by atoms with Gasteiger partial charge in [0.2, 0.25) is 10.0 Å². The van der Waals surface area contributed by atoms with Gasteiger partial charge in [0.25, 0.3) is 5.91 Å². The largest absolute Gasteiger partial charge is 0.322 e. The van der Waals surface area contributed by atoms with Crippen molar-refractivity contribution in [1.82, 2.24) is 4.72 Å². The summed E-state index contributed by atoms with van der Waals surface area (Å²) in [6, 6.07) is 9.51. The molecule has 0 bridgehead atoms. The summed E-state index contributed by atoms with van der Waals surface area (Å²) >= 11 is 6.02. The molecule has 0 unspecified atom stereocenters. The quantitative estimate of drug-likeness (QED) is 0.736. The Labute approximate surface area is 170 Å². The van der Waals surface area contributed by atoms with Gasteiger partial charge in [0, 0.05) is 17.5 Å². The van der Waals surface area contributed by atoms with E-state index in [0.717, 1.165) is 6.26 Å². The lowest BCUT2D eigenvalue weighted by atomic mass is 10.1. The van der Waals surface area contributed by atoms with Gasteiger partial charge in [0.05, 0.1) is 20.4 Å². The van der Waals surface area contributed by atoms with Crippen LogP contribution >= 0.6 is 11.6 Å². The van der Waals surface area contributed by atoms with Gasteiger partial charge in [-0.2, -0.15) is 0 Å². The molecule has 1 amide bonds. The topological polar surface area (TPSA) is 109 Å². The van der Waals surface area contributed by atoms with E-state index in [1.54, 1.807) is 20.8 Å². The van der Waals surface area contributed by atoms with Gasteiger partial charge < -0.3 is 5.32 Å². The SMILES string of the molecule is CC(C)(C)NS(=O)(=O)c1cccc(NC(=O)c2cc(S(C)(=O)=O)ccc2Cl)c1. The predicted octanol–water partition coefficient (Wildman–Crippen LogP) is 3.07. The van der Waals surface area contributed by atoms with Crippen LogP contribution in [0.5, 0.6) is 0 Å². The van der Waals surface area contributed by atoms with Crippen molar-refractivity contribution < 1.29 is 21.6 Å². The summed E-state index contributed by atoms with van der Waals surface area (Å²) in [5.41, 5.74) is -0.481. The molecule has 0 saturated carbocycles. The molecule has 7 nitrogen and oxygen atoms in total. The molecule has 0 aliphatic rings. The van der Waals surface area contributed by atoms with E-state index < -0.39 is 31.3 Å². The minimum Gasteiger partial charge on any atom is -0.322 e.